The van der Waals surface area contributed by atoms with E-state index in [1.54, 1.807) is 6.07 Å². The molecule has 1 aliphatic rings. The summed E-state index contributed by atoms with van der Waals surface area (Å²) in [4.78, 5) is 23.4. The van der Waals surface area contributed by atoms with Crippen LogP contribution in [-0.4, -0.2) is 25.8 Å². The fourth-order valence-electron chi connectivity index (χ4n) is 2.86. The van der Waals surface area contributed by atoms with Crippen LogP contribution in [0.15, 0.2) is 48.5 Å². The number of hydrogen-bond donors (Lipinski definition) is 1. The average molecular weight is 355 g/mol. The number of carbonyl (C=O) groups is 2. The molecule has 6 heteroatoms. The Kier molecular flexibility index (Phi) is 5.73. The quantitative estimate of drug-likeness (QED) is 0.830. The Labute approximate surface area is 152 Å². The largest absolute Gasteiger partial charge is 0.493 e. The lowest BCUT2D eigenvalue weighted by molar-refractivity contribution is -0.142. The van der Waals surface area contributed by atoms with Crippen molar-refractivity contribution in [3.63, 3.8) is 0 Å². The van der Waals surface area contributed by atoms with Gasteiger partial charge < -0.3 is 14.2 Å². The van der Waals surface area contributed by atoms with Gasteiger partial charge in [0.05, 0.1) is 20.1 Å². The maximum absolute atomic E-state index is 12.0. The summed E-state index contributed by atoms with van der Waals surface area (Å²) in [6.45, 7) is 0.690. The molecule has 1 heterocycles. The minimum absolute atomic E-state index is 0.0650. The Morgan fingerprint density at radius 1 is 1.19 bits per heavy atom. The van der Waals surface area contributed by atoms with Crippen molar-refractivity contribution in [3.8, 4) is 5.75 Å². The number of ether oxygens (including phenoxy) is 3. The maximum Gasteiger partial charge on any atom is 0.411 e. The third-order valence-electron chi connectivity index (χ3n) is 4.19. The number of hydrogen-bond acceptors (Lipinski definition) is 5. The molecule has 1 amide bonds. The van der Waals surface area contributed by atoms with E-state index in [0.29, 0.717) is 25.1 Å². The van der Waals surface area contributed by atoms with Gasteiger partial charge in [-0.15, -0.1) is 0 Å². The summed E-state index contributed by atoms with van der Waals surface area (Å²) in [5.41, 5.74) is 2.50. The first kappa shape index (κ1) is 17.8. The summed E-state index contributed by atoms with van der Waals surface area (Å²) in [6.07, 6.45) is 0.489. The van der Waals surface area contributed by atoms with Gasteiger partial charge in [0.25, 0.3) is 0 Å². The number of nitrogens with one attached hydrogen (secondary N) is 1. The second-order valence-electron chi connectivity index (χ2n) is 6.17. The molecule has 0 aromatic heterocycles. The molecule has 1 N–H and O–H groups in total. The van der Waals surface area contributed by atoms with Crippen LogP contribution >= 0.6 is 0 Å². The molecule has 0 saturated carbocycles. The van der Waals surface area contributed by atoms with E-state index in [-0.39, 0.29) is 18.5 Å². The monoisotopic (exact) mass is 355 g/mol. The van der Waals surface area contributed by atoms with E-state index >= 15 is 0 Å². The Morgan fingerprint density at radius 3 is 2.77 bits per heavy atom. The van der Waals surface area contributed by atoms with Crippen LogP contribution in [0.2, 0.25) is 0 Å². The third-order valence-corrected chi connectivity index (χ3v) is 4.19. The predicted molar refractivity (Wildman–Crippen MR) is 96.0 cm³/mol. The molecule has 6 nitrogen and oxygen atoms in total. The first-order valence-electron chi connectivity index (χ1n) is 8.44. The van der Waals surface area contributed by atoms with E-state index in [0.717, 1.165) is 16.9 Å². The Morgan fingerprint density at radius 2 is 2.00 bits per heavy atom. The van der Waals surface area contributed by atoms with Gasteiger partial charge in [0.2, 0.25) is 0 Å². The molecule has 2 aromatic carbocycles. The van der Waals surface area contributed by atoms with Crippen molar-refractivity contribution in [2.24, 2.45) is 5.92 Å². The van der Waals surface area contributed by atoms with Crippen molar-refractivity contribution in [1.29, 1.82) is 0 Å². The van der Waals surface area contributed by atoms with Gasteiger partial charge in [-0.2, -0.15) is 0 Å². The van der Waals surface area contributed by atoms with Crippen molar-refractivity contribution in [3.05, 3.63) is 59.7 Å². The summed E-state index contributed by atoms with van der Waals surface area (Å²) in [7, 11) is 1.38. The van der Waals surface area contributed by atoms with Gasteiger partial charge in [0.15, 0.2) is 0 Å². The zero-order valence-corrected chi connectivity index (χ0v) is 14.6. The van der Waals surface area contributed by atoms with Crippen LogP contribution in [0.5, 0.6) is 5.75 Å². The van der Waals surface area contributed by atoms with Crippen LogP contribution in [0.3, 0.4) is 0 Å². The van der Waals surface area contributed by atoms with Gasteiger partial charge in [-0.1, -0.05) is 30.3 Å². The molecule has 0 radical (unpaired) electrons. The molecule has 0 spiro atoms. The molecule has 1 unspecified atom stereocenters. The normalized spacial score (nSPS) is 15.3. The highest BCUT2D eigenvalue weighted by atomic mass is 16.5. The van der Waals surface area contributed by atoms with Gasteiger partial charge in [-0.05, 0) is 35.7 Å². The fourth-order valence-corrected chi connectivity index (χ4v) is 2.86. The van der Waals surface area contributed by atoms with Crippen molar-refractivity contribution < 1.29 is 23.8 Å². The van der Waals surface area contributed by atoms with Crippen LogP contribution in [0, 0.1) is 5.92 Å². The van der Waals surface area contributed by atoms with E-state index in [4.69, 9.17) is 14.2 Å². The molecule has 1 aliphatic heterocycles. The summed E-state index contributed by atoms with van der Waals surface area (Å²) in [5, 5.41) is 2.72. The fraction of sp³-hybridized carbons (Fsp3) is 0.300. The second kappa shape index (κ2) is 8.38. The lowest BCUT2D eigenvalue weighted by Crippen LogP contribution is -2.24. The topological polar surface area (TPSA) is 73.9 Å². The molecule has 136 valence electrons. The standard InChI is InChI=1S/C20H21NO5/c1-24-19(22)10-15-9-16-11-17(7-8-18(16)25-13-15)21-20(23)26-12-14-5-3-2-4-6-14/h2-8,11,15H,9-10,12-13H2,1H3,(H,21,23). The van der Waals surface area contributed by atoms with Gasteiger partial charge >= 0.3 is 12.1 Å². The molecular weight excluding hydrogens is 334 g/mol. The molecule has 1 atom stereocenters. The average Bonchev–Trinajstić information content (AvgIpc) is 2.67. The zero-order valence-electron chi connectivity index (χ0n) is 14.6. The summed E-state index contributed by atoms with van der Waals surface area (Å²) >= 11 is 0. The highest BCUT2D eigenvalue weighted by Gasteiger charge is 2.23. The number of anilines is 1. The zero-order chi connectivity index (χ0) is 18.4. The minimum Gasteiger partial charge on any atom is -0.493 e. The molecule has 3 rings (SSSR count). The van der Waals surface area contributed by atoms with Crippen LogP contribution in [0.25, 0.3) is 0 Å². The third kappa shape index (κ3) is 4.75. The summed E-state index contributed by atoms with van der Waals surface area (Å²) < 4.78 is 15.6. The van der Waals surface area contributed by atoms with Crippen molar-refractivity contribution >= 4 is 17.7 Å². The Bertz CT molecular complexity index is 775. The van der Waals surface area contributed by atoms with Gasteiger partial charge in [-0.25, -0.2) is 4.79 Å². The highest BCUT2D eigenvalue weighted by Crippen LogP contribution is 2.31. The second-order valence-corrected chi connectivity index (χ2v) is 6.17. The van der Waals surface area contributed by atoms with Gasteiger partial charge in [-0.3, -0.25) is 10.1 Å². The van der Waals surface area contributed by atoms with Gasteiger partial charge in [0.1, 0.15) is 12.4 Å². The van der Waals surface area contributed by atoms with Gasteiger partial charge in [0, 0.05) is 11.6 Å². The molecule has 0 fully saturated rings. The number of rotatable bonds is 5. The van der Waals surface area contributed by atoms with E-state index in [2.05, 4.69) is 5.32 Å². The number of esters is 1. The number of amides is 1. The first-order chi connectivity index (χ1) is 12.6. The number of carbonyl (C=O) groups excluding carboxylic acids is 2. The van der Waals surface area contributed by atoms with E-state index in [9.17, 15) is 9.59 Å². The van der Waals surface area contributed by atoms with Crippen molar-refractivity contribution in [2.45, 2.75) is 19.4 Å². The summed E-state index contributed by atoms with van der Waals surface area (Å²) in [5.74, 6) is 0.588. The van der Waals surface area contributed by atoms with Crippen molar-refractivity contribution in [1.82, 2.24) is 0 Å². The Balaban J connectivity index is 1.57. The molecular formula is C20H21NO5. The van der Waals surface area contributed by atoms with Crippen LogP contribution in [-0.2, 0) is 27.3 Å². The molecule has 2 aromatic rings. The molecule has 0 bridgehead atoms. The minimum atomic E-state index is -0.517. The molecule has 26 heavy (non-hydrogen) atoms. The SMILES string of the molecule is COC(=O)CC1COc2ccc(NC(=O)OCc3ccccc3)cc2C1. The molecule has 0 saturated heterocycles. The van der Waals surface area contributed by atoms with Crippen molar-refractivity contribution in [2.75, 3.05) is 19.0 Å². The Hall–Kier alpha value is -3.02. The first-order valence-corrected chi connectivity index (χ1v) is 8.44. The van der Waals surface area contributed by atoms with Crippen LogP contribution in [0.1, 0.15) is 17.5 Å². The van der Waals surface area contributed by atoms with Crippen LogP contribution in [0.4, 0.5) is 10.5 Å². The predicted octanol–water partition coefficient (Wildman–Crippen LogP) is 3.55. The molecule has 0 aliphatic carbocycles. The number of benzene rings is 2. The number of fused-ring (bicyclic) bond motifs is 1. The van der Waals surface area contributed by atoms with E-state index < -0.39 is 6.09 Å². The lowest BCUT2D eigenvalue weighted by Gasteiger charge is -2.25. The smallest absolute Gasteiger partial charge is 0.411 e. The summed E-state index contributed by atoms with van der Waals surface area (Å²) in [6, 6.07) is 14.9. The van der Waals surface area contributed by atoms with E-state index in [1.165, 1.54) is 7.11 Å². The highest BCUT2D eigenvalue weighted by molar-refractivity contribution is 5.85. The number of methoxy groups -OCH3 is 1. The van der Waals surface area contributed by atoms with Crippen LogP contribution < -0.4 is 10.1 Å². The van der Waals surface area contributed by atoms with E-state index in [1.807, 2.05) is 42.5 Å². The maximum atomic E-state index is 12.0. The lowest BCUT2D eigenvalue weighted by atomic mass is 9.94.